The van der Waals surface area contributed by atoms with Gasteiger partial charge in [-0.05, 0) is 36.5 Å². The molecule has 15 heavy (non-hydrogen) atoms. The first kappa shape index (κ1) is 9.85. The second-order valence-corrected chi connectivity index (χ2v) is 4.58. The molecule has 0 spiro atoms. The van der Waals surface area contributed by atoms with E-state index in [0.717, 1.165) is 12.2 Å². The number of hydrogen-bond acceptors (Lipinski definition) is 3. The molecule has 2 rings (SSSR count). The van der Waals surface area contributed by atoms with Crippen molar-refractivity contribution in [1.82, 2.24) is 0 Å². The third-order valence-electron chi connectivity index (χ3n) is 3.00. The van der Waals surface area contributed by atoms with Gasteiger partial charge >= 0.3 is 0 Å². The maximum atomic E-state index is 8.83. The topological polar surface area (TPSA) is 61.8 Å². The summed E-state index contributed by atoms with van der Waals surface area (Å²) in [5.74, 6) is 0. The van der Waals surface area contributed by atoms with Crippen molar-refractivity contribution in [3.8, 4) is 6.07 Å². The maximum Gasteiger partial charge on any atom is 0.101 e. The van der Waals surface area contributed by atoms with E-state index >= 15 is 0 Å². The molecule has 1 fully saturated rings. The van der Waals surface area contributed by atoms with Crippen LogP contribution < -0.4 is 11.1 Å². The summed E-state index contributed by atoms with van der Waals surface area (Å²) in [6.45, 7) is 3.24. The minimum Gasteiger partial charge on any atom is -0.398 e. The molecule has 0 radical (unpaired) electrons. The van der Waals surface area contributed by atoms with E-state index in [1.807, 2.05) is 6.07 Å². The molecule has 0 heterocycles. The molecule has 0 unspecified atom stereocenters. The number of nitriles is 1. The first-order valence-corrected chi connectivity index (χ1v) is 5.16. The van der Waals surface area contributed by atoms with E-state index in [9.17, 15) is 0 Å². The molecule has 78 valence electrons. The molecule has 0 amide bonds. The standard InChI is InChI=1S/C12H15N3/c1-12(4-5-12)8-15-10-2-3-11(14)9(6-10)7-13/h2-3,6,15H,4-5,8,14H2,1H3. The summed E-state index contributed by atoms with van der Waals surface area (Å²) >= 11 is 0. The highest BCUT2D eigenvalue weighted by Crippen LogP contribution is 2.44. The van der Waals surface area contributed by atoms with Gasteiger partial charge in [-0.3, -0.25) is 0 Å². The molecule has 0 saturated heterocycles. The zero-order chi connectivity index (χ0) is 10.9. The van der Waals surface area contributed by atoms with Crippen molar-refractivity contribution >= 4 is 11.4 Å². The van der Waals surface area contributed by atoms with Crippen LogP contribution in [-0.2, 0) is 0 Å². The van der Waals surface area contributed by atoms with Gasteiger partial charge in [0.15, 0.2) is 0 Å². The predicted octanol–water partition coefficient (Wildman–Crippen LogP) is 2.35. The van der Waals surface area contributed by atoms with Crippen LogP contribution in [0.15, 0.2) is 18.2 Å². The van der Waals surface area contributed by atoms with E-state index in [-0.39, 0.29) is 0 Å². The van der Waals surface area contributed by atoms with E-state index in [1.54, 1.807) is 12.1 Å². The minimum absolute atomic E-state index is 0.466. The first-order valence-electron chi connectivity index (χ1n) is 5.16. The fraction of sp³-hybridized carbons (Fsp3) is 0.417. The number of benzene rings is 1. The van der Waals surface area contributed by atoms with Crippen LogP contribution >= 0.6 is 0 Å². The van der Waals surface area contributed by atoms with Gasteiger partial charge in [0.05, 0.1) is 5.56 Å². The lowest BCUT2D eigenvalue weighted by Crippen LogP contribution is -2.11. The highest BCUT2D eigenvalue weighted by molar-refractivity contribution is 5.61. The monoisotopic (exact) mass is 201 g/mol. The Kier molecular flexibility index (Phi) is 2.28. The lowest BCUT2D eigenvalue weighted by Gasteiger charge is -2.11. The Bertz CT molecular complexity index is 413. The van der Waals surface area contributed by atoms with Gasteiger partial charge in [-0.1, -0.05) is 6.92 Å². The third kappa shape index (κ3) is 2.21. The van der Waals surface area contributed by atoms with Crippen LogP contribution in [0, 0.1) is 16.7 Å². The second kappa shape index (κ2) is 3.47. The second-order valence-electron chi connectivity index (χ2n) is 4.58. The summed E-state index contributed by atoms with van der Waals surface area (Å²) in [6, 6.07) is 7.58. The zero-order valence-corrected chi connectivity index (χ0v) is 8.88. The number of nitrogens with zero attached hydrogens (tertiary/aromatic N) is 1. The van der Waals surface area contributed by atoms with Gasteiger partial charge in [-0.15, -0.1) is 0 Å². The smallest absolute Gasteiger partial charge is 0.101 e. The summed E-state index contributed by atoms with van der Waals surface area (Å²) < 4.78 is 0. The van der Waals surface area contributed by atoms with Crippen LogP contribution in [-0.4, -0.2) is 6.54 Å². The summed E-state index contributed by atoms with van der Waals surface area (Å²) in [7, 11) is 0. The van der Waals surface area contributed by atoms with Crippen molar-refractivity contribution in [3.63, 3.8) is 0 Å². The molecule has 0 atom stereocenters. The minimum atomic E-state index is 0.466. The van der Waals surface area contributed by atoms with Crippen LogP contribution in [0.5, 0.6) is 0 Å². The van der Waals surface area contributed by atoms with Crippen LogP contribution in [0.4, 0.5) is 11.4 Å². The Morgan fingerprint density at radius 1 is 1.53 bits per heavy atom. The quantitative estimate of drug-likeness (QED) is 0.738. The van der Waals surface area contributed by atoms with E-state index in [0.29, 0.717) is 16.7 Å². The highest BCUT2D eigenvalue weighted by Gasteiger charge is 2.36. The Morgan fingerprint density at radius 2 is 2.27 bits per heavy atom. The number of anilines is 2. The Morgan fingerprint density at radius 3 is 2.87 bits per heavy atom. The van der Waals surface area contributed by atoms with Gasteiger partial charge in [-0.25, -0.2) is 0 Å². The molecule has 1 aliphatic carbocycles. The van der Waals surface area contributed by atoms with Gasteiger partial charge in [0.2, 0.25) is 0 Å². The highest BCUT2D eigenvalue weighted by atomic mass is 14.9. The van der Waals surface area contributed by atoms with Gasteiger partial charge in [-0.2, -0.15) is 5.26 Å². The van der Waals surface area contributed by atoms with Gasteiger partial charge in [0.1, 0.15) is 6.07 Å². The molecular weight excluding hydrogens is 186 g/mol. The lowest BCUT2D eigenvalue weighted by atomic mass is 10.1. The van der Waals surface area contributed by atoms with Crippen LogP contribution in [0.25, 0.3) is 0 Å². The van der Waals surface area contributed by atoms with Crippen molar-refractivity contribution in [2.24, 2.45) is 5.41 Å². The van der Waals surface area contributed by atoms with E-state index in [2.05, 4.69) is 18.3 Å². The molecule has 3 heteroatoms. The molecule has 3 nitrogen and oxygen atoms in total. The zero-order valence-electron chi connectivity index (χ0n) is 8.88. The summed E-state index contributed by atoms with van der Waals surface area (Å²) in [5, 5.41) is 12.2. The van der Waals surface area contributed by atoms with E-state index < -0.39 is 0 Å². The number of nitrogens with two attached hydrogens (primary N) is 1. The fourth-order valence-corrected chi connectivity index (χ4v) is 1.47. The molecule has 1 saturated carbocycles. The van der Waals surface area contributed by atoms with E-state index in [1.165, 1.54) is 12.8 Å². The Hall–Kier alpha value is -1.69. The van der Waals surface area contributed by atoms with Crippen LogP contribution in [0.1, 0.15) is 25.3 Å². The Balaban J connectivity index is 2.06. The molecule has 0 aromatic heterocycles. The van der Waals surface area contributed by atoms with Crippen molar-refractivity contribution in [2.45, 2.75) is 19.8 Å². The van der Waals surface area contributed by atoms with Crippen molar-refractivity contribution in [3.05, 3.63) is 23.8 Å². The largest absolute Gasteiger partial charge is 0.398 e. The molecule has 0 bridgehead atoms. The normalized spacial score (nSPS) is 16.8. The molecule has 0 aliphatic heterocycles. The molecule has 1 aromatic carbocycles. The van der Waals surface area contributed by atoms with Crippen LogP contribution in [0.2, 0.25) is 0 Å². The maximum absolute atomic E-state index is 8.83. The van der Waals surface area contributed by atoms with Crippen LogP contribution in [0.3, 0.4) is 0 Å². The number of nitrogen functional groups attached to an aromatic ring is 1. The SMILES string of the molecule is CC1(CNc2ccc(N)c(C#N)c2)CC1. The van der Waals surface area contributed by atoms with Gasteiger partial charge in [0.25, 0.3) is 0 Å². The Labute approximate surface area is 89.9 Å². The fourth-order valence-electron chi connectivity index (χ4n) is 1.47. The van der Waals surface area contributed by atoms with Gasteiger partial charge in [0, 0.05) is 17.9 Å². The van der Waals surface area contributed by atoms with Gasteiger partial charge < -0.3 is 11.1 Å². The molecule has 1 aromatic rings. The first-order chi connectivity index (χ1) is 7.13. The van der Waals surface area contributed by atoms with E-state index in [4.69, 9.17) is 11.0 Å². The third-order valence-corrected chi connectivity index (χ3v) is 3.00. The molecule has 1 aliphatic rings. The average Bonchev–Trinajstić information content (AvgIpc) is 2.96. The molecule has 3 N–H and O–H groups in total. The summed E-state index contributed by atoms with van der Waals surface area (Å²) in [4.78, 5) is 0. The average molecular weight is 201 g/mol. The molecular formula is C12H15N3. The summed E-state index contributed by atoms with van der Waals surface area (Å²) in [6.07, 6.45) is 2.58. The lowest BCUT2D eigenvalue weighted by molar-refractivity contribution is 0.611. The number of rotatable bonds is 3. The predicted molar refractivity (Wildman–Crippen MR) is 61.4 cm³/mol. The van der Waals surface area contributed by atoms with Crippen molar-refractivity contribution < 1.29 is 0 Å². The van der Waals surface area contributed by atoms with Crippen molar-refractivity contribution in [1.29, 1.82) is 5.26 Å². The number of hydrogen-bond donors (Lipinski definition) is 2. The summed E-state index contributed by atoms with van der Waals surface area (Å²) in [5.41, 5.74) is 8.18. The number of nitrogens with one attached hydrogen (secondary N) is 1. The van der Waals surface area contributed by atoms with Crippen molar-refractivity contribution in [2.75, 3.05) is 17.6 Å².